The fourth-order valence-electron chi connectivity index (χ4n) is 4.44. The molecule has 0 amide bonds. The molecule has 0 bridgehead atoms. The van der Waals surface area contributed by atoms with Crippen LogP contribution in [0.4, 0.5) is 0 Å². The molecule has 4 aromatic carbocycles. The lowest BCUT2D eigenvalue weighted by atomic mass is 9.95. The first-order valence-corrected chi connectivity index (χ1v) is 12.9. The van der Waals surface area contributed by atoms with E-state index in [2.05, 4.69) is 12.1 Å². The molecule has 0 fully saturated rings. The van der Waals surface area contributed by atoms with Gasteiger partial charge in [0.2, 0.25) is 0 Å². The summed E-state index contributed by atoms with van der Waals surface area (Å²) in [6.45, 7) is 3.94. The van der Waals surface area contributed by atoms with Gasteiger partial charge >= 0.3 is 0 Å². The monoisotopic (exact) mass is 515 g/mol. The lowest BCUT2D eigenvalue weighted by Gasteiger charge is -2.10. The van der Waals surface area contributed by atoms with Crippen molar-refractivity contribution in [2.45, 2.75) is 13.8 Å². The van der Waals surface area contributed by atoms with Crippen LogP contribution in [0.15, 0.2) is 115 Å². The van der Waals surface area contributed by atoms with Gasteiger partial charge in [-0.25, -0.2) is 15.0 Å². The minimum Gasteiger partial charge on any atom is -0.208 e. The molecule has 5 nitrogen and oxygen atoms in total. The number of rotatable bonds is 6. The number of nitrogens with zero attached hydrogens (tertiary/aromatic N) is 5. The van der Waals surface area contributed by atoms with Crippen molar-refractivity contribution in [1.82, 2.24) is 15.0 Å². The summed E-state index contributed by atoms with van der Waals surface area (Å²) < 4.78 is 0. The fourth-order valence-corrected chi connectivity index (χ4v) is 4.44. The third kappa shape index (κ3) is 5.60. The van der Waals surface area contributed by atoms with Crippen molar-refractivity contribution in [3.05, 3.63) is 132 Å². The van der Waals surface area contributed by atoms with Crippen LogP contribution in [0.25, 0.3) is 50.6 Å². The topological polar surface area (TPSA) is 86.2 Å². The van der Waals surface area contributed by atoms with Gasteiger partial charge in [-0.2, -0.15) is 10.5 Å². The third-order valence-electron chi connectivity index (χ3n) is 6.45. The second kappa shape index (κ2) is 11.8. The second-order valence-corrected chi connectivity index (χ2v) is 9.10. The van der Waals surface area contributed by atoms with E-state index < -0.39 is 0 Å². The summed E-state index contributed by atoms with van der Waals surface area (Å²) in [5, 5.41) is 19.0. The maximum atomic E-state index is 9.69. The molecular weight excluding hydrogens is 490 g/mol. The molecule has 0 aliphatic carbocycles. The maximum Gasteiger partial charge on any atom is 0.164 e. The molecule has 5 rings (SSSR count). The second-order valence-electron chi connectivity index (χ2n) is 9.10. The van der Waals surface area contributed by atoms with E-state index in [1.165, 1.54) is 0 Å². The maximum absolute atomic E-state index is 9.69. The highest BCUT2D eigenvalue weighted by Gasteiger charge is 2.13. The highest BCUT2D eigenvalue weighted by molar-refractivity contribution is 5.77. The zero-order valence-corrected chi connectivity index (χ0v) is 22.2. The summed E-state index contributed by atoms with van der Waals surface area (Å²) in [6.07, 6.45) is 5.95. The van der Waals surface area contributed by atoms with Gasteiger partial charge in [0.05, 0.1) is 23.3 Å². The average Bonchev–Trinajstić information content (AvgIpc) is 3.03. The number of hydrogen-bond acceptors (Lipinski definition) is 5. The molecule has 0 N–H and O–H groups in total. The SMILES string of the molecule is C/C=C\C(=C/C)c1nc(-c2ccccc2)nc(-c2ccc(-c3cc(C#N)cc(-c4cccc(C#N)c4)c3)cc2)n1. The van der Waals surface area contributed by atoms with Crippen LogP contribution in [0.1, 0.15) is 30.8 Å². The first-order valence-electron chi connectivity index (χ1n) is 12.9. The Morgan fingerprint density at radius 1 is 0.575 bits per heavy atom. The van der Waals surface area contributed by atoms with Gasteiger partial charge in [-0.15, -0.1) is 0 Å². The Labute approximate surface area is 234 Å². The number of hydrogen-bond donors (Lipinski definition) is 0. The Morgan fingerprint density at radius 3 is 1.77 bits per heavy atom. The zero-order valence-electron chi connectivity index (χ0n) is 22.2. The van der Waals surface area contributed by atoms with Crippen LogP contribution in [0.5, 0.6) is 0 Å². The van der Waals surface area contributed by atoms with Crippen molar-refractivity contribution in [1.29, 1.82) is 10.5 Å². The molecule has 1 aromatic heterocycles. The van der Waals surface area contributed by atoms with Crippen LogP contribution in [0, 0.1) is 22.7 Å². The van der Waals surface area contributed by atoms with E-state index in [0.717, 1.165) is 39.0 Å². The van der Waals surface area contributed by atoms with Crippen molar-refractivity contribution in [2.24, 2.45) is 0 Å². The van der Waals surface area contributed by atoms with Gasteiger partial charge in [-0.3, -0.25) is 0 Å². The van der Waals surface area contributed by atoms with Crippen LogP contribution in [0.3, 0.4) is 0 Å². The number of benzene rings is 4. The molecule has 40 heavy (non-hydrogen) atoms. The molecule has 1 heterocycles. The van der Waals surface area contributed by atoms with E-state index in [0.29, 0.717) is 28.6 Å². The van der Waals surface area contributed by atoms with Crippen molar-refractivity contribution in [3.63, 3.8) is 0 Å². The predicted octanol–water partition coefficient (Wildman–Crippen LogP) is 8.26. The molecule has 0 atom stereocenters. The highest BCUT2D eigenvalue weighted by atomic mass is 15.0. The molecule has 0 radical (unpaired) electrons. The summed E-state index contributed by atoms with van der Waals surface area (Å²) in [6, 6.07) is 35.5. The Morgan fingerprint density at radius 2 is 1.15 bits per heavy atom. The molecule has 5 heteroatoms. The molecule has 5 aromatic rings. The number of nitriles is 2. The van der Waals surface area contributed by atoms with Crippen molar-refractivity contribution in [3.8, 4) is 57.2 Å². The molecule has 0 unspecified atom stereocenters. The lowest BCUT2D eigenvalue weighted by Crippen LogP contribution is -2.02. The van der Waals surface area contributed by atoms with Crippen molar-refractivity contribution >= 4 is 5.57 Å². The molecule has 0 spiro atoms. The van der Waals surface area contributed by atoms with Crippen LogP contribution < -0.4 is 0 Å². The van der Waals surface area contributed by atoms with Gasteiger partial charge in [-0.05, 0) is 66.4 Å². The summed E-state index contributed by atoms with van der Waals surface area (Å²) in [5.41, 5.74) is 7.47. The van der Waals surface area contributed by atoms with Crippen LogP contribution in [0.2, 0.25) is 0 Å². The molecule has 0 saturated heterocycles. The predicted molar refractivity (Wildman–Crippen MR) is 159 cm³/mol. The lowest BCUT2D eigenvalue weighted by molar-refractivity contribution is 1.04. The first kappa shape index (κ1) is 26.0. The van der Waals surface area contributed by atoms with E-state index in [9.17, 15) is 10.5 Å². The molecule has 0 aliphatic rings. The highest BCUT2D eigenvalue weighted by Crippen LogP contribution is 2.31. The quantitative estimate of drug-likeness (QED) is 0.212. The Kier molecular flexibility index (Phi) is 7.67. The minimum atomic E-state index is 0.552. The van der Waals surface area contributed by atoms with Crippen LogP contribution in [-0.4, -0.2) is 15.0 Å². The summed E-state index contributed by atoms with van der Waals surface area (Å²) in [7, 11) is 0. The van der Waals surface area contributed by atoms with Gasteiger partial charge in [0.25, 0.3) is 0 Å². The van der Waals surface area contributed by atoms with Gasteiger partial charge in [0, 0.05) is 16.7 Å². The Balaban J connectivity index is 1.57. The van der Waals surface area contributed by atoms with Crippen molar-refractivity contribution in [2.75, 3.05) is 0 Å². The summed E-state index contributed by atoms with van der Waals surface area (Å²) in [5.74, 6) is 1.80. The summed E-state index contributed by atoms with van der Waals surface area (Å²) in [4.78, 5) is 14.4. The van der Waals surface area contributed by atoms with Crippen molar-refractivity contribution < 1.29 is 0 Å². The number of aromatic nitrogens is 3. The van der Waals surface area contributed by atoms with Gasteiger partial charge < -0.3 is 0 Å². The number of allylic oxidation sites excluding steroid dienone is 4. The van der Waals surface area contributed by atoms with E-state index in [1.807, 2.05) is 123 Å². The molecule has 0 aliphatic heterocycles. The third-order valence-corrected chi connectivity index (χ3v) is 6.45. The van der Waals surface area contributed by atoms with Crippen LogP contribution in [-0.2, 0) is 0 Å². The molecule has 0 saturated carbocycles. The summed E-state index contributed by atoms with van der Waals surface area (Å²) >= 11 is 0. The van der Waals surface area contributed by atoms with Crippen LogP contribution >= 0.6 is 0 Å². The molecule has 190 valence electrons. The van der Waals surface area contributed by atoms with E-state index >= 15 is 0 Å². The van der Waals surface area contributed by atoms with E-state index in [4.69, 9.17) is 15.0 Å². The van der Waals surface area contributed by atoms with Gasteiger partial charge in [0.1, 0.15) is 0 Å². The normalized spacial score (nSPS) is 11.2. The van der Waals surface area contributed by atoms with E-state index in [1.54, 1.807) is 6.07 Å². The van der Waals surface area contributed by atoms with Gasteiger partial charge in [0.15, 0.2) is 17.5 Å². The standard InChI is InChI=1S/C35H25N5/c1-3-9-26(4-2)33-38-34(28-11-6-5-7-12-28)40-35(39-33)29-16-14-27(15-17-29)31-19-25(23-37)20-32(21-31)30-13-8-10-24(18-30)22-36/h3-21H,1-2H3/b9-3-,26-4+. The van der Waals surface area contributed by atoms with Gasteiger partial charge in [-0.1, -0.05) is 85.0 Å². The first-order chi connectivity index (χ1) is 19.6. The zero-order chi connectivity index (χ0) is 27.9. The smallest absolute Gasteiger partial charge is 0.164 e. The average molecular weight is 516 g/mol. The Hall–Kier alpha value is -5.65. The molecular formula is C35H25N5. The largest absolute Gasteiger partial charge is 0.208 e. The Bertz CT molecular complexity index is 1820. The fraction of sp³-hybridized carbons (Fsp3) is 0.0571. The minimum absolute atomic E-state index is 0.552. The van der Waals surface area contributed by atoms with E-state index in [-0.39, 0.29) is 0 Å².